The number of aromatic amines is 1. The number of hydrogen-bond acceptors (Lipinski definition) is 5. The molecule has 2 aromatic rings. The number of nitrogens with one attached hydrogen (secondary N) is 1. The Morgan fingerprint density at radius 2 is 2.05 bits per heavy atom. The van der Waals surface area contributed by atoms with Crippen molar-refractivity contribution in [1.82, 2.24) is 14.8 Å². The second-order valence-electron chi connectivity index (χ2n) is 3.89. The SMILES string of the molecule is Cn1nc(Cc2ccccc2[N+](=O)[O-])c(=O)[nH]c1=O. The molecule has 0 saturated heterocycles. The Kier molecular flexibility index (Phi) is 3.23. The highest BCUT2D eigenvalue weighted by Gasteiger charge is 2.15. The summed E-state index contributed by atoms with van der Waals surface area (Å²) in [5.74, 6) is 0. The van der Waals surface area contributed by atoms with Crippen molar-refractivity contribution in [2.75, 3.05) is 0 Å². The Morgan fingerprint density at radius 1 is 1.37 bits per heavy atom. The van der Waals surface area contributed by atoms with Crippen LogP contribution in [0.1, 0.15) is 11.3 Å². The van der Waals surface area contributed by atoms with E-state index in [9.17, 15) is 19.7 Å². The van der Waals surface area contributed by atoms with Gasteiger partial charge in [-0.15, -0.1) is 0 Å². The molecule has 0 radical (unpaired) electrons. The van der Waals surface area contributed by atoms with Crippen LogP contribution in [-0.4, -0.2) is 19.7 Å². The minimum atomic E-state index is -0.638. The van der Waals surface area contributed by atoms with Gasteiger partial charge in [-0.1, -0.05) is 18.2 Å². The summed E-state index contributed by atoms with van der Waals surface area (Å²) in [7, 11) is 1.39. The second kappa shape index (κ2) is 4.84. The van der Waals surface area contributed by atoms with E-state index in [2.05, 4.69) is 10.1 Å². The Balaban J connectivity index is 2.48. The van der Waals surface area contributed by atoms with Crippen LogP contribution in [0.5, 0.6) is 0 Å². The third kappa shape index (κ3) is 2.57. The van der Waals surface area contributed by atoms with Crippen LogP contribution in [0.3, 0.4) is 0 Å². The average Bonchev–Trinajstić information content (AvgIpc) is 2.36. The molecular formula is C11H10N4O4. The van der Waals surface area contributed by atoms with Gasteiger partial charge in [-0.2, -0.15) is 5.10 Å². The third-order valence-electron chi connectivity index (χ3n) is 2.59. The largest absolute Gasteiger partial charge is 0.344 e. The maximum absolute atomic E-state index is 11.6. The van der Waals surface area contributed by atoms with Gasteiger partial charge in [0.05, 0.1) is 4.92 Å². The van der Waals surface area contributed by atoms with Crippen molar-refractivity contribution in [3.05, 3.63) is 66.5 Å². The number of aryl methyl sites for hydroxylation is 1. The molecule has 0 aliphatic carbocycles. The third-order valence-corrected chi connectivity index (χ3v) is 2.59. The summed E-state index contributed by atoms with van der Waals surface area (Å²) in [6.07, 6.45) is -0.0133. The number of nitro groups is 1. The highest BCUT2D eigenvalue weighted by Crippen LogP contribution is 2.19. The number of hydrogen-bond donors (Lipinski definition) is 1. The lowest BCUT2D eigenvalue weighted by atomic mass is 10.1. The van der Waals surface area contributed by atoms with Crippen LogP contribution in [0.4, 0.5) is 5.69 Å². The van der Waals surface area contributed by atoms with E-state index in [4.69, 9.17) is 0 Å². The summed E-state index contributed by atoms with van der Waals surface area (Å²) in [5, 5.41) is 14.7. The lowest BCUT2D eigenvalue weighted by molar-refractivity contribution is -0.385. The van der Waals surface area contributed by atoms with Gasteiger partial charge in [0.25, 0.3) is 11.2 Å². The first kappa shape index (κ1) is 12.7. The molecule has 1 heterocycles. The molecule has 1 aromatic carbocycles. The summed E-state index contributed by atoms with van der Waals surface area (Å²) in [6, 6.07) is 6.08. The van der Waals surface area contributed by atoms with Crippen LogP contribution in [0.25, 0.3) is 0 Å². The maximum Gasteiger partial charge on any atom is 0.344 e. The smallest absolute Gasteiger partial charge is 0.271 e. The van der Waals surface area contributed by atoms with E-state index in [0.29, 0.717) is 5.56 Å². The van der Waals surface area contributed by atoms with Crippen LogP contribution in [0, 0.1) is 10.1 Å². The molecule has 0 spiro atoms. The molecule has 98 valence electrons. The zero-order valence-electron chi connectivity index (χ0n) is 9.99. The number of para-hydroxylation sites is 1. The number of benzene rings is 1. The van der Waals surface area contributed by atoms with Crippen molar-refractivity contribution in [2.24, 2.45) is 7.05 Å². The summed E-state index contributed by atoms with van der Waals surface area (Å²) >= 11 is 0. The topological polar surface area (TPSA) is 111 Å². The number of nitrogens with zero attached hydrogens (tertiary/aromatic N) is 3. The molecule has 0 fully saturated rings. The second-order valence-corrected chi connectivity index (χ2v) is 3.89. The number of nitro benzene ring substituents is 1. The van der Waals surface area contributed by atoms with Gasteiger partial charge in [0, 0.05) is 25.1 Å². The van der Waals surface area contributed by atoms with Gasteiger partial charge in [-0.3, -0.25) is 19.9 Å². The molecule has 0 aliphatic rings. The average molecular weight is 262 g/mol. The van der Waals surface area contributed by atoms with Crippen molar-refractivity contribution in [2.45, 2.75) is 6.42 Å². The lowest BCUT2D eigenvalue weighted by Gasteiger charge is -2.03. The van der Waals surface area contributed by atoms with Gasteiger partial charge in [-0.25, -0.2) is 9.48 Å². The molecule has 1 aromatic heterocycles. The highest BCUT2D eigenvalue weighted by molar-refractivity contribution is 5.41. The van der Waals surface area contributed by atoms with E-state index in [1.54, 1.807) is 18.2 Å². The molecule has 0 amide bonds. The molecule has 2 rings (SSSR count). The summed E-state index contributed by atoms with van der Waals surface area (Å²) in [4.78, 5) is 35.2. The molecule has 8 heteroatoms. The van der Waals surface area contributed by atoms with Gasteiger partial charge >= 0.3 is 5.69 Å². The summed E-state index contributed by atoms with van der Waals surface area (Å²) in [5.41, 5.74) is -0.935. The summed E-state index contributed by atoms with van der Waals surface area (Å²) < 4.78 is 0.978. The molecule has 0 unspecified atom stereocenters. The van der Waals surface area contributed by atoms with Gasteiger partial charge in [-0.05, 0) is 0 Å². The van der Waals surface area contributed by atoms with Crippen LogP contribution in [0.2, 0.25) is 0 Å². The fraction of sp³-hybridized carbons (Fsp3) is 0.182. The monoisotopic (exact) mass is 262 g/mol. The van der Waals surface area contributed by atoms with E-state index in [-0.39, 0.29) is 17.8 Å². The Hall–Kier alpha value is -2.77. The molecule has 0 bridgehead atoms. The van der Waals surface area contributed by atoms with E-state index in [1.807, 2.05) is 0 Å². The van der Waals surface area contributed by atoms with Crippen molar-refractivity contribution in [3.63, 3.8) is 0 Å². The number of aromatic nitrogens is 3. The quantitative estimate of drug-likeness (QED) is 0.616. The Morgan fingerprint density at radius 3 is 2.74 bits per heavy atom. The molecule has 0 aliphatic heterocycles. The van der Waals surface area contributed by atoms with Gasteiger partial charge in [0.1, 0.15) is 5.69 Å². The number of H-pyrrole nitrogens is 1. The van der Waals surface area contributed by atoms with Gasteiger partial charge < -0.3 is 0 Å². The number of rotatable bonds is 3. The van der Waals surface area contributed by atoms with Crippen LogP contribution >= 0.6 is 0 Å². The van der Waals surface area contributed by atoms with E-state index in [1.165, 1.54) is 13.1 Å². The molecular weight excluding hydrogens is 252 g/mol. The first-order valence-corrected chi connectivity index (χ1v) is 5.38. The van der Waals surface area contributed by atoms with Crippen molar-refractivity contribution >= 4 is 5.69 Å². The van der Waals surface area contributed by atoms with E-state index < -0.39 is 16.2 Å². The molecule has 19 heavy (non-hydrogen) atoms. The minimum Gasteiger partial charge on any atom is -0.271 e. The van der Waals surface area contributed by atoms with Crippen molar-refractivity contribution in [3.8, 4) is 0 Å². The Labute approximate surface area is 106 Å². The fourth-order valence-electron chi connectivity index (χ4n) is 1.66. The first-order valence-electron chi connectivity index (χ1n) is 5.38. The molecule has 0 saturated carbocycles. The minimum absolute atomic E-state index is 0.0133. The van der Waals surface area contributed by atoms with Gasteiger partial charge in [0.2, 0.25) is 0 Å². The van der Waals surface area contributed by atoms with Gasteiger partial charge in [0.15, 0.2) is 0 Å². The zero-order valence-corrected chi connectivity index (χ0v) is 9.99. The van der Waals surface area contributed by atoms with Crippen molar-refractivity contribution in [1.29, 1.82) is 0 Å². The van der Waals surface area contributed by atoms with E-state index in [0.717, 1.165) is 4.68 Å². The molecule has 1 N–H and O–H groups in total. The lowest BCUT2D eigenvalue weighted by Crippen LogP contribution is -2.33. The van der Waals surface area contributed by atoms with Crippen LogP contribution in [0.15, 0.2) is 33.9 Å². The standard InChI is InChI=1S/C11H10N4O4/c1-14-11(17)12-10(16)8(13-14)6-7-4-2-3-5-9(7)15(18)19/h2-5H,6H2,1H3,(H,12,16,17). The Bertz CT molecular complexity index is 747. The van der Waals surface area contributed by atoms with Crippen molar-refractivity contribution < 1.29 is 4.92 Å². The predicted octanol–water partition coefficient (Wildman–Crippen LogP) is -0.0324. The van der Waals surface area contributed by atoms with E-state index >= 15 is 0 Å². The van der Waals surface area contributed by atoms with Crippen LogP contribution in [-0.2, 0) is 13.5 Å². The summed E-state index contributed by atoms with van der Waals surface area (Å²) in [6.45, 7) is 0. The molecule has 8 nitrogen and oxygen atoms in total. The van der Waals surface area contributed by atoms with Crippen LogP contribution < -0.4 is 11.2 Å². The predicted molar refractivity (Wildman–Crippen MR) is 66.0 cm³/mol. The fourth-order valence-corrected chi connectivity index (χ4v) is 1.66. The zero-order chi connectivity index (χ0) is 14.0. The molecule has 0 atom stereocenters. The normalized spacial score (nSPS) is 10.4. The maximum atomic E-state index is 11.6. The first-order chi connectivity index (χ1) is 8.99. The highest BCUT2D eigenvalue weighted by atomic mass is 16.6.